The second-order valence-electron chi connectivity index (χ2n) is 7.84. The topological polar surface area (TPSA) is 12.0 Å². The molecule has 4 bridgehead atoms. The number of rotatable bonds is 4. The first kappa shape index (κ1) is 12.9. The number of benzene rings is 1. The van der Waals surface area contributed by atoms with Crippen LogP contribution in [-0.4, -0.2) is 6.54 Å². The Labute approximate surface area is 123 Å². The largest absolute Gasteiger partial charge is 0.312 e. The maximum atomic E-state index is 3.78. The molecule has 5 rings (SSSR count). The first-order chi connectivity index (χ1) is 9.81. The van der Waals surface area contributed by atoms with E-state index >= 15 is 0 Å². The lowest BCUT2D eigenvalue weighted by atomic mass is 9.61. The van der Waals surface area contributed by atoms with Gasteiger partial charge in [0.1, 0.15) is 0 Å². The van der Waals surface area contributed by atoms with Gasteiger partial charge in [0.25, 0.3) is 0 Å². The van der Waals surface area contributed by atoms with Gasteiger partial charge in [-0.15, -0.1) is 0 Å². The molecule has 0 heterocycles. The maximum absolute atomic E-state index is 3.78. The molecular weight excluding hydrogens is 242 g/mol. The molecule has 0 unspecified atom stereocenters. The highest BCUT2D eigenvalue weighted by molar-refractivity contribution is 5.14. The lowest BCUT2D eigenvalue weighted by Gasteiger charge is -2.45. The minimum absolute atomic E-state index is 0.646. The van der Waals surface area contributed by atoms with Gasteiger partial charge in [-0.25, -0.2) is 0 Å². The Morgan fingerprint density at radius 3 is 2.40 bits per heavy atom. The van der Waals surface area contributed by atoms with E-state index in [1.165, 1.54) is 37.8 Å². The Morgan fingerprint density at radius 1 is 0.950 bits per heavy atom. The fraction of sp³-hybridized carbons (Fsp3) is 0.684. The van der Waals surface area contributed by atoms with Crippen molar-refractivity contribution in [3.05, 3.63) is 35.9 Å². The average molecular weight is 269 g/mol. The van der Waals surface area contributed by atoms with E-state index in [0.717, 1.165) is 24.3 Å². The molecule has 1 N–H and O–H groups in total. The van der Waals surface area contributed by atoms with E-state index in [1.54, 1.807) is 19.3 Å². The molecule has 20 heavy (non-hydrogen) atoms. The zero-order chi connectivity index (χ0) is 13.4. The zero-order valence-corrected chi connectivity index (χ0v) is 12.5. The van der Waals surface area contributed by atoms with Crippen molar-refractivity contribution in [2.45, 2.75) is 51.5 Å². The summed E-state index contributed by atoms with van der Waals surface area (Å²) in [7, 11) is 0. The highest BCUT2D eigenvalue weighted by Gasteiger charge is 2.47. The average Bonchev–Trinajstić information content (AvgIpc) is 2.65. The second kappa shape index (κ2) is 5.18. The summed E-state index contributed by atoms with van der Waals surface area (Å²) in [5, 5.41) is 3.78. The van der Waals surface area contributed by atoms with Crippen LogP contribution in [-0.2, 0) is 6.54 Å². The van der Waals surface area contributed by atoms with Crippen molar-refractivity contribution in [1.29, 1.82) is 0 Å². The highest BCUT2D eigenvalue weighted by Crippen LogP contribution is 2.56. The van der Waals surface area contributed by atoms with Crippen LogP contribution in [0.25, 0.3) is 0 Å². The minimum Gasteiger partial charge on any atom is -0.312 e. The molecule has 1 aromatic carbocycles. The minimum atomic E-state index is 0.646. The van der Waals surface area contributed by atoms with Crippen molar-refractivity contribution in [3.8, 4) is 0 Å². The molecule has 1 aromatic rings. The van der Waals surface area contributed by atoms with Gasteiger partial charge in [0.15, 0.2) is 0 Å². The molecule has 0 saturated heterocycles. The van der Waals surface area contributed by atoms with Gasteiger partial charge in [0, 0.05) is 13.1 Å². The van der Waals surface area contributed by atoms with Gasteiger partial charge in [-0.2, -0.15) is 0 Å². The molecule has 0 aliphatic heterocycles. The summed E-state index contributed by atoms with van der Waals surface area (Å²) in [6.07, 6.45) is 10.7. The first-order valence-electron chi connectivity index (χ1n) is 8.56. The Kier molecular flexibility index (Phi) is 3.34. The summed E-state index contributed by atoms with van der Waals surface area (Å²) in [5.41, 5.74) is 2.07. The third kappa shape index (κ3) is 2.53. The summed E-state index contributed by atoms with van der Waals surface area (Å²) in [6, 6.07) is 10.9. The third-order valence-electron chi connectivity index (χ3n) is 6.20. The number of hydrogen-bond donors (Lipinski definition) is 1. The molecule has 108 valence electrons. The van der Waals surface area contributed by atoms with Gasteiger partial charge in [-0.3, -0.25) is 0 Å². The number of fused-ring (bicyclic) bond motifs is 1. The van der Waals surface area contributed by atoms with Crippen molar-refractivity contribution in [2.24, 2.45) is 23.2 Å². The normalized spacial score (nSPS) is 38.9. The van der Waals surface area contributed by atoms with Crippen LogP contribution in [0.3, 0.4) is 0 Å². The van der Waals surface area contributed by atoms with Gasteiger partial charge < -0.3 is 5.32 Å². The molecule has 4 fully saturated rings. The van der Waals surface area contributed by atoms with Crippen LogP contribution in [0.4, 0.5) is 0 Å². The monoisotopic (exact) mass is 269 g/mol. The molecule has 1 nitrogen and oxygen atoms in total. The fourth-order valence-corrected chi connectivity index (χ4v) is 5.60. The Morgan fingerprint density at radius 2 is 1.65 bits per heavy atom. The van der Waals surface area contributed by atoms with Crippen molar-refractivity contribution in [3.63, 3.8) is 0 Å². The SMILES string of the molecule is c1ccc(CNCC23CCC4C[C@@H](C[C@H](C4)C2)C3)cc1. The zero-order valence-electron chi connectivity index (χ0n) is 12.5. The molecule has 0 radical (unpaired) electrons. The van der Waals surface area contributed by atoms with Crippen LogP contribution in [0.2, 0.25) is 0 Å². The lowest BCUT2D eigenvalue weighted by molar-refractivity contribution is 0.0656. The molecule has 4 saturated carbocycles. The molecule has 0 aromatic heterocycles. The van der Waals surface area contributed by atoms with E-state index in [2.05, 4.69) is 35.6 Å². The van der Waals surface area contributed by atoms with E-state index < -0.39 is 0 Å². The third-order valence-corrected chi connectivity index (χ3v) is 6.20. The van der Waals surface area contributed by atoms with Crippen LogP contribution in [0.1, 0.15) is 50.5 Å². The van der Waals surface area contributed by atoms with Crippen LogP contribution in [0.5, 0.6) is 0 Å². The van der Waals surface area contributed by atoms with Gasteiger partial charge >= 0.3 is 0 Å². The maximum Gasteiger partial charge on any atom is 0.0205 e. The summed E-state index contributed by atoms with van der Waals surface area (Å²) in [5.74, 6) is 3.21. The van der Waals surface area contributed by atoms with Crippen molar-refractivity contribution in [2.75, 3.05) is 6.54 Å². The van der Waals surface area contributed by atoms with Crippen LogP contribution in [0, 0.1) is 23.2 Å². The van der Waals surface area contributed by atoms with E-state index in [-0.39, 0.29) is 0 Å². The van der Waals surface area contributed by atoms with Gasteiger partial charge in [0.2, 0.25) is 0 Å². The first-order valence-corrected chi connectivity index (χ1v) is 8.56. The van der Waals surface area contributed by atoms with Crippen molar-refractivity contribution < 1.29 is 0 Å². The molecule has 4 aliphatic carbocycles. The lowest BCUT2D eigenvalue weighted by Crippen LogP contribution is -2.40. The summed E-state index contributed by atoms with van der Waals surface area (Å²) in [6.45, 7) is 2.29. The van der Waals surface area contributed by atoms with Crippen molar-refractivity contribution >= 4 is 0 Å². The Bertz CT molecular complexity index is 438. The summed E-state index contributed by atoms with van der Waals surface area (Å²) >= 11 is 0. The summed E-state index contributed by atoms with van der Waals surface area (Å²) < 4.78 is 0. The van der Waals surface area contributed by atoms with E-state index in [0.29, 0.717) is 5.41 Å². The molecular formula is C19H27N. The molecule has 0 spiro atoms. The summed E-state index contributed by atoms with van der Waals surface area (Å²) in [4.78, 5) is 0. The Balaban J connectivity index is 1.40. The molecule has 1 heteroatoms. The van der Waals surface area contributed by atoms with Gasteiger partial charge in [-0.1, -0.05) is 30.3 Å². The predicted molar refractivity (Wildman–Crippen MR) is 83.4 cm³/mol. The van der Waals surface area contributed by atoms with Gasteiger partial charge in [-0.05, 0) is 73.7 Å². The van der Waals surface area contributed by atoms with E-state index in [9.17, 15) is 0 Å². The molecule has 4 aliphatic rings. The molecule has 0 amide bonds. The van der Waals surface area contributed by atoms with Crippen molar-refractivity contribution in [1.82, 2.24) is 5.32 Å². The predicted octanol–water partition coefficient (Wildman–Crippen LogP) is 4.38. The van der Waals surface area contributed by atoms with Crippen LogP contribution >= 0.6 is 0 Å². The molecule has 2 atom stereocenters. The van der Waals surface area contributed by atoms with E-state index in [1.807, 2.05) is 0 Å². The van der Waals surface area contributed by atoms with Gasteiger partial charge in [0.05, 0.1) is 0 Å². The van der Waals surface area contributed by atoms with E-state index in [4.69, 9.17) is 0 Å². The smallest absolute Gasteiger partial charge is 0.0205 e. The number of nitrogens with one attached hydrogen (secondary N) is 1. The van der Waals surface area contributed by atoms with Crippen LogP contribution < -0.4 is 5.32 Å². The quantitative estimate of drug-likeness (QED) is 0.855. The Hall–Kier alpha value is -0.820. The van der Waals surface area contributed by atoms with Crippen LogP contribution in [0.15, 0.2) is 30.3 Å². The number of hydrogen-bond acceptors (Lipinski definition) is 1. The second-order valence-corrected chi connectivity index (χ2v) is 7.84. The standard InChI is InChI=1S/C19H27N/c1-2-4-15(5-3-1)13-20-14-19-7-6-16-8-17(11-19)10-18(9-16)12-19/h1-5,16-18,20H,6-14H2/t16?,17-,18-,19?/m0/s1. The fourth-order valence-electron chi connectivity index (χ4n) is 5.60. The highest BCUT2D eigenvalue weighted by atomic mass is 14.9.